The third-order valence-electron chi connectivity index (χ3n) is 4.86. The molecule has 0 radical (unpaired) electrons. The van der Waals surface area contributed by atoms with Crippen LogP contribution in [0.5, 0.6) is 5.75 Å². The molecule has 8 heteroatoms. The molecule has 1 aliphatic heterocycles. The Labute approximate surface area is 180 Å². The second-order valence-electron chi connectivity index (χ2n) is 8.37. The molecule has 1 unspecified atom stereocenters. The molecule has 0 spiro atoms. The average molecular weight is 432 g/mol. The SMILES string of the molecule is CC(c1ccccc1)N1C(=O)[C@H](NC(=O)OC(C)(C)C)Cc2ccc(OC(F)F)cc21. The Bertz CT molecular complexity index is 944. The second-order valence-corrected chi connectivity index (χ2v) is 8.37. The molecule has 1 aliphatic rings. The van der Waals surface area contributed by atoms with Crippen molar-refractivity contribution in [3.8, 4) is 5.75 Å². The van der Waals surface area contributed by atoms with E-state index < -0.39 is 30.4 Å². The quantitative estimate of drug-likeness (QED) is 0.735. The number of anilines is 1. The molecule has 6 nitrogen and oxygen atoms in total. The van der Waals surface area contributed by atoms with Crippen molar-refractivity contribution < 1.29 is 27.8 Å². The smallest absolute Gasteiger partial charge is 0.408 e. The summed E-state index contributed by atoms with van der Waals surface area (Å²) in [6.07, 6.45) is -0.486. The highest BCUT2D eigenvalue weighted by atomic mass is 19.3. The van der Waals surface area contributed by atoms with Crippen LogP contribution in [0.25, 0.3) is 0 Å². The van der Waals surface area contributed by atoms with Crippen molar-refractivity contribution >= 4 is 17.7 Å². The standard InChI is InChI=1S/C23H26F2N2O4/c1-14(15-8-6-5-7-9-15)27-19-13-17(30-21(24)25)11-10-16(19)12-18(20(27)28)26-22(29)31-23(2,3)4/h5-11,13-14,18,21H,12H2,1-4H3,(H,26,29)/t14?,18-/m1/s1. The Morgan fingerprint density at radius 2 is 1.84 bits per heavy atom. The number of rotatable bonds is 5. The van der Waals surface area contributed by atoms with Gasteiger partial charge in [-0.25, -0.2) is 4.79 Å². The minimum Gasteiger partial charge on any atom is -0.444 e. The molecule has 2 aromatic rings. The molecular formula is C23H26F2N2O4. The molecule has 0 saturated heterocycles. The fraction of sp³-hybridized carbons (Fsp3) is 0.391. The van der Waals surface area contributed by atoms with E-state index in [1.165, 1.54) is 17.0 Å². The minimum absolute atomic E-state index is 0.0367. The third kappa shape index (κ3) is 5.51. The van der Waals surface area contributed by atoms with Crippen molar-refractivity contribution in [1.82, 2.24) is 5.32 Å². The molecule has 0 fully saturated rings. The fourth-order valence-corrected chi connectivity index (χ4v) is 3.55. The van der Waals surface area contributed by atoms with Crippen molar-refractivity contribution in [3.05, 3.63) is 59.7 Å². The van der Waals surface area contributed by atoms with Gasteiger partial charge in [-0.2, -0.15) is 8.78 Å². The first kappa shape index (κ1) is 22.5. The molecule has 0 saturated carbocycles. The van der Waals surface area contributed by atoms with Gasteiger partial charge in [0, 0.05) is 12.5 Å². The van der Waals surface area contributed by atoms with Crippen LogP contribution in [0.2, 0.25) is 0 Å². The summed E-state index contributed by atoms with van der Waals surface area (Å²) in [7, 11) is 0. The van der Waals surface area contributed by atoms with Gasteiger partial charge in [-0.15, -0.1) is 0 Å². The van der Waals surface area contributed by atoms with Crippen LogP contribution >= 0.6 is 0 Å². The van der Waals surface area contributed by atoms with Gasteiger partial charge in [0.2, 0.25) is 0 Å². The Kier molecular flexibility index (Phi) is 6.48. The lowest BCUT2D eigenvalue weighted by atomic mass is 9.94. The zero-order valence-electron chi connectivity index (χ0n) is 17.9. The summed E-state index contributed by atoms with van der Waals surface area (Å²) in [5.74, 6) is -0.394. The number of amides is 2. The number of alkyl carbamates (subject to hydrolysis) is 1. The van der Waals surface area contributed by atoms with Gasteiger partial charge < -0.3 is 19.7 Å². The summed E-state index contributed by atoms with van der Waals surface area (Å²) in [4.78, 5) is 27.2. The minimum atomic E-state index is -2.97. The predicted molar refractivity (Wildman–Crippen MR) is 112 cm³/mol. The average Bonchev–Trinajstić information content (AvgIpc) is 2.67. The number of hydrogen-bond donors (Lipinski definition) is 1. The zero-order valence-corrected chi connectivity index (χ0v) is 17.9. The molecule has 1 heterocycles. The van der Waals surface area contributed by atoms with Gasteiger partial charge in [-0.1, -0.05) is 36.4 Å². The molecule has 1 N–H and O–H groups in total. The van der Waals surface area contributed by atoms with Crippen molar-refractivity contribution in [2.45, 2.75) is 58.4 Å². The lowest BCUT2D eigenvalue weighted by molar-refractivity contribution is -0.121. The maximum Gasteiger partial charge on any atom is 0.408 e. The number of nitrogens with zero attached hydrogens (tertiary/aromatic N) is 1. The summed E-state index contributed by atoms with van der Waals surface area (Å²) >= 11 is 0. The van der Waals surface area contributed by atoms with Gasteiger partial charge in [0.05, 0.1) is 11.7 Å². The topological polar surface area (TPSA) is 67.9 Å². The third-order valence-corrected chi connectivity index (χ3v) is 4.86. The molecule has 0 aromatic heterocycles. The van der Waals surface area contributed by atoms with Gasteiger partial charge in [-0.3, -0.25) is 4.79 Å². The van der Waals surface area contributed by atoms with Crippen LogP contribution < -0.4 is 15.0 Å². The number of nitrogens with one attached hydrogen (secondary N) is 1. The summed E-state index contributed by atoms with van der Waals surface area (Å²) in [6.45, 7) is 4.07. The molecule has 0 bridgehead atoms. The van der Waals surface area contributed by atoms with E-state index in [2.05, 4.69) is 10.1 Å². The van der Waals surface area contributed by atoms with E-state index in [0.29, 0.717) is 5.69 Å². The summed E-state index contributed by atoms with van der Waals surface area (Å²) in [5.41, 5.74) is 1.35. The van der Waals surface area contributed by atoms with Gasteiger partial charge >= 0.3 is 12.7 Å². The predicted octanol–water partition coefficient (Wildman–Crippen LogP) is 4.83. The lowest BCUT2D eigenvalue weighted by Crippen LogP contribution is -2.54. The first-order chi connectivity index (χ1) is 14.5. The van der Waals surface area contributed by atoms with Gasteiger partial charge in [-0.05, 0) is 44.9 Å². The number of carbonyl (C=O) groups is 2. The molecule has 2 amide bonds. The molecule has 0 aliphatic carbocycles. The normalized spacial score (nSPS) is 17.2. The highest BCUT2D eigenvalue weighted by Crippen LogP contribution is 2.37. The number of alkyl halides is 2. The largest absolute Gasteiger partial charge is 0.444 e. The number of hydrogen-bond acceptors (Lipinski definition) is 4. The van der Waals surface area contributed by atoms with Gasteiger partial charge in [0.25, 0.3) is 5.91 Å². The zero-order chi connectivity index (χ0) is 22.8. The first-order valence-corrected chi connectivity index (χ1v) is 10.0. The van der Waals surface area contributed by atoms with E-state index in [0.717, 1.165) is 11.1 Å². The van der Waals surface area contributed by atoms with Crippen molar-refractivity contribution in [3.63, 3.8) is 0 Å². The van der Waals surface area contributed by atoms with Crippen molar-refractivity contribution in [1.29, 1.82) is 0 Å². The van der Waals surface area contributed by atoms with Crippen LogP contribution in [0.3, 0.4) is 0 Å². The van der Waals surface area contributed by atoms with Crippen LogP contribution in [-0.2, 0) is 16.0 Å². The Morgan fingerprint density at radius 3 is 2.45 bits per heavy atom. The van der Waals surface area contributed by atoms with E-state index in [1.807, 2.05) is 37.3 Å². The molecule has 2 aromatic carbocycles. The number of ether oxygens (including phenoxy) is 2. The summed E-state index contributed by atoms with van der Waals surface area (Å²) in [6, 6.07) is 12.6. The maximum absolute atomic E-state index is 13.4. The maximum atomic E-state index is 13.4. The van der Waals surface area contributed by atoms with Crippen molar-refractivity contribution in [2.24, 2.45) is 0 Å². The highest BCUT2D eigenvalue weighted by molar-refractivity contribution is 6.02. The van der Waals surface area contributed by atoms with E-state index in [1.54, 1.807) is 26.8 Å². The summed E-state index contributed by atoms with van der Waals surface area (Å²) in [5, 5.41) is 2.65. The molecule has 3 rings (SSSR count). The molecule has 31 heavy (non-hydrogen) atoms. The van der Waals surface area contributed by atoms with Crippen molar-refractivity contribution in [2.75, 3.05) is 4.90 Å². The highest BCUT2D eigenvalue weighted by Gasteiger charge is 2.38. The number of halogens is 2. The van der Waals surface area contributed by atoms with E-state index >= 15 is 0 Å². The number of benzene rings is 2. The van der Waals surface area contributed by atoms with Crippen LogP contribution in [0.1, 0.15) is 44.9 Å². The number of carbonyl (C=O) groups excluding carboxylic acids is 2. The molecule has 2 atom stereocenters. The lowest BCUT2D eigenvalue weighted by Gasteiger charge is -2.38. The van der Waals surface area contributed by atoms with Crippen LogP contribution in [-0.4, -0.2) is 30.3 Å². The van der Waals surface area contributed by atoms with Gasteiger partial charge in [0.15, 0.2) is 0 Å². The van der Waals surface area contributed by atoms with Crippen LogP contribution in [0, 0.1) is 0 Å². The number of fused-ring (bicyclic) bond motifs is 1. The van der Waals surface area contributed by atoms with E-state index in [9.17, 15) is 18.4 Å². The monoisotopic (exact) mass is 432 g/mol. The van der Waals surface area contributed by atoms with Gasteiger partial charge in [0.1, 0.15) is 17.4 Å². The van der Waals surface area contributed by atoms with Crippen LogP contribution in [0.4, 0.5) is 19.3 Å². The molecule has 166 valence electrons. The Balaban J connectivity index is 1.97. The Hall–Kier alpha value is -3.16. The fourth-order valence-electron chi connectivity index (χ4n) is 3.55. The first-order valence-electron chi connectivity index (χ1n) is 10.0. The molecular weight excluding hydrogens is 406 g/mol. The summed E-state index contributed by atoms with van der Waals surface area (Å²) < 4.78 is 35.3. The van der Waals surface area contributed by atoms with Crippen LogP contribution in [0.15, 0.2) is 48.5 Å². The second kappa shape index (κ2) is 8.91. The Morgan fingerprint density at radius 1 is 1.16 bits per heavy atom. The van der Waals surface area contributed by atoms with E-state index in [-0.39, 0.29) is 18.1 Å². The van der Waals surface area contributed by atoms with E-state index in [4.69, 9.17) is 4.74 Å².